The standard InChI is InChI=1S/C61H43NSi/c1-7-21-46(22-8-1)61(47-23-9-2-10-24-47)57-42-45(44-36-40-60-56(41-44)55-33-19-20-34-59(55)62(60)48-25-11-3-12-26-48)35-38-53(57)54-39-37-52(43-58(54)61)63(49-27-13-4-14-28-49,50-29-15-5-16-30-50)51-31-17-6-18-32-51/h1-43H. The number of rotatable bonds is 8. The summed E-state index contributed by atoms with van der Waals surface area (Å²) in [6.45, 7) is 0. The van der Waals surface area contributed by atoms with E-state index in [1.807, 2.05) is 0 Å². The van der Waals surface area contributed by atoms with Crippen LogP contribution in [0.1, 0.15) is 22.3 Å². The maximum atomic E-state index is 2.61. The molecule has 1 aromatic heterocycles. The summed E-state index contributed by atoms with van der Waals surface area (Å²) in [6, 6.07) is 97.6. The molecule has 0 unspecified atom stereocenters. The number of fused-ring (bicyclic) bond motifs is 6. The average molecular weight is 818 g/mol. The number of aromatic nitrogens is 1. The molecule has 0 radical (unpaired) electrons. The van der Waals surface area contributed by atoms with Crippen LogP contribution in [0.3, 0.4) is 0 Å². The molecule has 63 heavy (non-hydrogen) atoms. The van der Waals surface area contributed by atoms with E-state index in [2.05, 4.69) is 265 Å². The van der Waals surface area contributed by atoms with Gasteiger partial charge in [-0.25, -0.2) is 0 Å². The monoisotopic (exact) mass is 817 g/mol. The second-order valence-electron chi connectivity index (χ2n) is 16.8. The molecule has 296 valence electrons. The smallest absolute Gasteiger partial charge is 0.179 e. The fourth-order valence-corrected chi connectivity index (χ4v) is 15.7. The molecule has 1 heterocycles. The van der Waals surface area contributed by atoms with Crippen molar-refractivity contribution in [2.24, 2.45) is 0 Å². The highest BCUT2D eigenvalue weighted by atomic mass is 28.3. The van der Waals surface area contributed by atoms with Crippen LogP contribution in [0.2, 0.25) is 0 Å². The maximum absolute atomic E-state index is 2.85. The van der Waals surface area contributed by atoms with Crippen molar-refractivity contribution < 1.29 is 0 Å². The van der Waals surface area contributed by atoms with Gasteiger partial charge in [-0.05, 0) is 102 Å². The van der Waals surface area contributed by atoms with Crippen molar-refractivity contribution in [3.8, 4) is 27.9 Å². The van der Waals surface area contributed by atoms with Crippen molar-refractivity contribution in [3.05, 3.63) is 283 Å². The number of benzene rings is 10. The molecule has 2 heteroatoms. The number of hydrogen-bond acceptors (Lipinski definition) is 0. The first-order chi connectivity index (χ1) is 31.3. The Morgan fingerprint density at radius 3 is 1.30 bits per heavy atom. The largest absolute Gasteiger partial charge is 0.309 e. The maximum Gasteiger partial charge on any atom is 0.179 e. The van der Waals surface area contributed by atoms with Gasteiger partial charge in [-0.2, -0.15) is 0 Å². The van der Waals surface area contributed by atoms with Crippen LogP contribution in [0.4, 0.5) is 0 Å². The topological polar surface area (TPSA) is 4.93 Å². The molecule has 1 aliphatic rings. The van der Waals surface area contributed by atoms with Gasteiger partial charge in [-0.3, -0.25) is 0 Å². The highest BCUT2D eigenvalue weighted by Gasteiger charge is 2.49. The third-order valence-corrected chi connectivity index (χ3v) is 18.4. The zero-order chi connectivity index (χ0) is 41.8. The van der Waals surface area contributed by atoms with Crippen molar-refractivity contribution in [1.29, 1.82) is 0 Å². The summed E-state index contributed by atoms with van der Waals surface area (Å²) in [7, 11) is -2.85. The van der Waals surface area contributed by atoms with Crippen molar-refractivity contribution >= 4 is 50.6 Å². The van der Waals surface area contributed by atoms with E-state index in [1.54, 1.807) is 0 Å². The SMILES string of the molecule is c1ccc(-n2c3ccccc3c3cc(-c4ccc5c(c4)C(c4ccccc4)(c4ccccc4)c4cc([Si](c6ccccc6)(c6ccccc6)c6ccccc6)ccc4-5)ccc32)cc1. The van der Waals surface area contributed by atoms with Crippen LogP contribution in [0, 0.1) is 0 Å². The first kappa shape index (κ1) is 37.0. The molecular formula is C61H43NSi. The van der Waals surface area contributed by atoms with Crippen LogP contribution < -0.4 is 20.7 Å². The lowest BCUT2D eigenvalue weighted by Gasteiger charge is -2.37. The van der Waals surface area contributed by atoms with Gasteiger partial charge in [0.1, 0.15) is 0 Å². The van der Waals surface area contributed by atoms with E-state index in [4.69, 9.17) is 0 Å². The van der Waals surface area contributed by atoms with Gasteiger partial charge in [0.25, 0.3) is 0 Å². The van der Waals surface area contributed by atoms with Crippen molar-refractivity contribution in [2.45, 2.75) is 5.41 Å². The molecule has 10 aromatic carbocycles. The molecule has 0 N–H and O–H groups in total. The summed E-state index contributed by atoms with van der Waals surface area (Å²) < 4.78 is 2.39. The van der Waals surface area contributed by atoms with Crippen molar-refractivity contribution in [2.75, 3.05) is 0 Å². The second kappa shape index (κ2) is 15.0. The fourth-order valence-electron chi connectivity index (χ4n) is 11.0. The van der Waals surface area contributed by atoms with Gasteiger partial charge in [0.05, 0.1) is 16.4 Å². The zero-order valence-corrected chi connectivity index (χ0v) is 35.8. The van der Waals surface area contributed by atoms with E-state index in [-0.39, 0.29) is 0 Å². The predicted octanol–water partition coefficient (Wildman–Crippen LogP) is 12.2. The molecule has 0 bridgehead atoms. The van der Waals surface area contributed by atoms with Crippen LogP contribution in [0.5, 0.6) is 0 Å². The van der Waals surface area contributed by atoms with E-state index in [0.29, 0.717) is 0 Å². The highest BCUT2D eigenvalue weighted by molar-refractivity contribution is 7.19. The number of para-hydroxylation sites is 2. The molecule has 1 aliphatic carbocycles. The molecule has 11 aromatic rings. The Hall–Kier alpha value is -7.78. The van der Waals surface area contributed by atoms with E-state index >= 15 is 0 Å². The van der Waals surface area contributed by atoms with Gasteiger partial charge in [-0.15, -0.1) is 0 Å². The Labute approximate surface area is 369 Å². The third kappa shape index (κ3) is 5.62. The van der Waals surface area contributed by atoms with Crippen molar-refractivity contribution in [3.63, 3.8) is 0 Å². The quantitative estimate of drug-likeness (QED) is 0.106. The molecule has 0 fully saturated rings. The van der Waals surface area contributed by atoms with Gasteiger partial charge < -0.3 is 4.57 Å². The summed E-state index contributed by atoms with van der Waals surface area (Å²) in [4.78, 5) is 0. The predicted molar refractivity (Wildman–Crippen MR) is 267 cm³/mol. The minimum absolute atomic E-state index is 0.586. The zero-order valence-electron chi connectivity index (χ0n) is 34.8. The molecule has 0 spiro atoms. The summed E-state index contributed by atoms with van der Waals surface area (Å²) in [6.07, 6.45) is 0. The minimum Gasteiger partial charge on any atom is -0.309 e. The summed E-state index contributed by atoms with van der Waals surface area (Å²) >= 11 is 0. The molecule has 0 amide bonds. The third-order valence-electron chi connectivity index (χ3n) is 13.6. The Kier molecular flexibility index (Phi) is 8.81. The van der Waals surface area contributed by atoms with Gasteiger partial charge in [0, 0.05) is 16.5 Å². The van der Waals surface area contributed by atoms with Gasteiger partial charge in [0.2, 0.25) is 0 Å². The first-order valence-electron chi connectivity index (χ1n) is 21.9. The lowest BCUT2D eigenvalue weighted by atomic mass is 9.67. The fraction of sp³-hybridized carbons (Fsp3) is 0.0164. The molecule has 1 nitrogen and oxygen atoms in total. The minimum atomic E-state index is -2.85. The Morgan fingerprint density at radius 1 is 0.302 bits per heavy atom. The van der Waals surface area contributed by atoms with Crippen LogP contribution in [-0.2, 0) is 5.41 Å². The number of hydrogen-bond donors (Lipinski definition) is 0. The van der Waals surface area contributed by atoms with Crippen molar-refractivity contribution in [1.82, 2.24) is 4.57 Å². The van der Waals surface area contributed by atoms with Crippen LogP contribution in [-0.4, -0.2) is 12.6 Å². The van der Waals surface area contributed by atoms with E-state index in [1.165, 1.54) is 92.7 Å². The summed E-state index contributed by atoms with van der Waals surface area (Å²) in [5.74, 6) is 0. The molecule has 0 atom stereocenters. The molecule has 0 saturated carbocycles. The highest BCUT2D eigenvalue weighted by Crippen LogP contribution is 2.56. The summed E-state index contributed by atoms with van der Waals surface area (Å²) in [5, 5.41) is 7.99. The van der Waals surface area contributed by atoms with Crippen LogP contribution in [0.25, 0.3) is 49.7 Å². The Morgan fingerprint density at radius 2 is 0.730 bits per heavy atom. The lowest BCUT2D eigenvalue weighted by molar-refractivity contribution is 0.769. The molecule has 12 rings (SSSR count). The van der Waals surface area contributed by atoms with Gasteiger partial charge in [-0.1, -0.05) is 224 Å². The van der Waals surface area contributed by atoms with E-state index < -0.39 is 13.5 Å². The van der Waals surface area contributed by atoms with Crippen LogP contribution in [0.15, 0.2) is 261 Å². The summed E-state index contributed by atoms with van der Waals surface area (Å²) in [5.41, 5.74) is 13.1. The van der Waals surface area contributed by atoms with Gasteiger partial charge >= 0.3 is 0 Å². The molecule has 0 saturated heterocycles. The Bertz CT molecular complexity index is 3280. The number of nitrogens with zero attached hydrogens (tertiary/aromatic N) is 1. The van der Waals surface area contributed by atoms with Crippen LogP contribution >= 0.6 is 0 Å². The van der Waals surface area contributed by atoms with Gasteiger partial charge in [0.15, 0.2) is 8.07 Å². The Balaban J connectivity index is 1.13. The normalized spacial score (nSPS) is 12.9. The van der Waals surface area contributed by atoms with E-state index in [9.17, 15) is 0 Å². The molecule has 0 aliphatic heterocycles. The molecular weight excluding hydrogens is 775 g/mol. The first-order valence-corrected chi connectivity index (χ1v) is 23.9. The second-order valence-corrected chi connectivity index (χ2v) is 20.6. The van der Waals surface area contributed by atoms with E-state index in [0.717, 1.165) is 0 Å². The lowest BCUT2D eigenvalue weighted by Crippen LogP contribution is -2.74. The average Bonchev–Trinajstić information content (AvgIpc) is 3.86.